The van der Waals surface area contributed by atoms with Gasteiger partial charge in [0.05, 0.1) is 22.0 Å². The van der Waals surface area contributed by atoms with Gasteiger partial charge in [0.1, 0.15) is 11.4 Å². The summed E-state index contributed by atoms with van der Waals surface area (Å²) in [6.45, 7) is 0. The molecule has 2 atom stereocenters. The van der Waals surface area contributed by atoms with Crippen LogP contribution in [0.15, 0.2) is 54.6 Å². The van der Waals surface area contributed by atoms with Gasteiger partial charge in [-0.2, -0.15) is 5.01 Å². The maximum Gasteiger partial charge on any atom is 0.300 e. The fourth-order valence-electron chi connectivity index (χ4n) is 4.22. The van der Waals surface area contributed by atoms with E-state index in [1.54, 1.807) is 0 Å². The molecular weight excluding hydrogens is 376 g/mol. The quantitative estimate of drug-likeness (QED) is 0.512. The zero-order chi connectivity index (χ0) is 20.1. The summed E-state index contributed by atoms with van der Waals surface area (Å²) in [5.41, 5.74) is 3.69. The van der Waals surface area contributed by atoms with Crippen molar-refractivity contribution in [3.63, 3.8) is 0 Å². The first kappa shape index (κ1) is 17.4. The van der Waals surface area contributed by atoms with Crippen molar-refractivity contribution in [3.8, 4) is 5.75 Å². The fraction of sp³-hybridized carbons (Fsp3) is 0.200. The molecule has 0 amide bonds. The van der Waals surface area contributed by atoms with Crippen molar-refractivity contribution in [2.24, 2.45) is 0 Å². The average Bonchev–Trinajstić information content (AvgIpc) is 2.98. The lowest BCUT2D eigenvalue weighted by atomic mass is 9.96. The van der Waals surface area contributed by atoms with Crippen molar-refractivity contribution >= 4 is 27.8 Å². The first-order valence-electron chi connectivity index (χ1n) is 9.19. The molecule has 0 aromatic heterocycles. The molecule has 1 saturated heterocycles. The number of hydrazine groups is 1. The second-order valence-electron chi connectivity index (χ2n) is 7.10. The lowest BCUT2D eigenvalue weighted by Gasteiger charge is -2.37. The number of hydrogen-bond donors (Lipinski definition) is 1. The van der Waals surface area contributed by atoms with Crippen LogP contribution in [0.1, 0.15) is 24.4 Å². The van der Waals surface area contributed by atoms with E-state index in [9.17, 15) is 20.2 Å². The minimum atomic E-state index is -0.646. The average molecular weight is 392 g/mol. The highest BCUT2D eigenvalue weighted by Gasteiger charge is 2.43. The third-order valence-corrected chi connectivity index (χ3v) is 5.50. The lowest BCUT2D eigenvalue weighted by molar-refractivity contribution is -0.393. The summed E-state index contributed by atoms with van der Waals surface area (Å²) < 4.78 is 6.16. The summed E-state index contributed by atoms with van der Waals surface area (Å²) in [4.78, 5) is 21.2. The smallest absolute Gasteiger partial charge is 0.300 e. The minimum absolute atomic E-state index is 0.0235. The van der Waals surface area contributed by atoms with Crippen LogP contribution >= 0.6 is 0 Å². The highest BCUT2D eigenvalue weighted by Crippen LogP contribution is 2.48. The van der Waals surface area contributed by atoms with Gasteiger partial charge in [0.15, 0.2) is 6.23 Å². The number of nitrogens with one attached hydrogen (secondary N) is 1. The highest BCUT2D eigenvalue weighted by atomic mass is 16.6. The minimum Gasteiger partial charge on any atom is -0.473 e. The highest BCUT2D eigenvalue weighted by molar-refractivity contribution is 5.88. The molecule has 29 heavy (non-hydrogen) atoms. The summed E-state index contributed by atoms with van der Waals surface area (Å²) in [6, 6.07) is 15.6. The van der Waals surface area contributed by atoms with E-state index in [2.05, 4.69) is 5.43 Å². The maximum atomic E-state index is 11.5. The Bertz CT molecular complexity index is 1160. The molecule has 0 radical (unpaired) electrons. The zero-order valence-corrected chi connectivity index (χ0v) is 15.1. The van der Waals surface area contributed by atoms with Crippen LogP contribution in [0.5, 0.6) is 5.75 Å². The molecule has 2 aliphatic heterocycles. The van der Waals surface area contributed by atoms with Crippen LogP contribution in [0.25, 0.3) is 10.8 Å². The Morgan fingerprint density at radius 3 is 2.62 bits per heavy atom. The van der Waals surface area contributed by atoms with Crippen LogP contribution in [0, 0.1) is 20.2 Å². The van der Waals surface area contributed by atoms with E-state index in [4.69, 9.17) is 4.74 Å². The molecule has 0 aliphatic carbocycles. The molecule has 2 aliphatic rings. The van der Waals surface area contributed by atoms with Crippen LogP contribution in [-0.4, -0.2) is 21.1 Å². The predicted molar refractivity (Wildman–Crippen MR) is 106 cm³/mol. The van der Waals surface area contributed by atoms with E-state index >= 15 is 0 Å². The Labute approximate surface area is 164 Å². The Morgan fingerprint density at radius 1 is 1.00 bits per heavy atom. The van der Waals surface area contributed by atoms with Crippen LogP contribution in [0.3, 0.4) is 0 Å². The van der Waals surface area contributed by atoms with Crippen LogP contribution in [0.4, 0.5) is 17.1 Å². The summed E-state index contributed by atoms with van der Waals surface area (Å²) in [5.74, 6) is 0.826. The molecule has 3 aromatic carbocycles. The summed E-state index contributed by atoms with van der Waals surface area (Å²) in [7, 11) is 0. The van der Waals surface area contributed by atoms with Gasteiger partial charge in [0, 0.05) is 18.1 Å². The van der Waals surface area contributed by atoms with Crippen molar-refractivity contribution in [1.29, 1.82) is 0 Å². The topological polar surface area (TPSA) is 111 Å². The third-order valence-electron chi connectivity index (χ3n) is 5.50. The Morgan fingerprint density at radius 2 is 1.83 bits per heavy atom. The molecular formula is C20H16N4O5. The van der Waals surface area contributed by atoms with E-state index in [1.807, 2.05) is 41.4 Å². The van der Waals surface area contributed by atoms with Gasteiger partial charge in [-0.3, -0.25) is 20.2 Å². The largest absolute Gasteiger partial charge is 0.473 e. The zero-order valence-electron chi connectivity index (χ0n) is 15.1. The molecule has 0 spiro atoms. The molecule has 146 valence electrons. The van der Waals surface area contributed by atoms with E-state index in [-0.39, 0.29) is 29.3 Å². The van der Waals surface area contributed by atoms with Crippen molar-refractivity contribution in [3.05, 3.63) is 80.4 Å². The molecule has 1 fully saturated rings. The second-order valence-corrected chi connectivity index (χ2v) is 7.10. The number of ether oxygens (including phenoxy) is 1. The first-order valence-corrected chi connectivity index (χ1v) is 9.19. The number of nitro benzene ring substituents is 2. The maximum absolute atomic E-state index is 11.5. The van der Waals surface area contributed by atoms with Crippen molar-refractivity contribution in [2.45, 2.75) is 25.1 Å². The fourth-order valence-corrected chi connectivity index (χ4v) is 4.22. The summed E-state index contributed by atoms with van der Waals surface area (Å²) in [5, 5.41) is 26.5. The number of anilines is 1. The Balaban J connectivity index is 1.55. The number of hydrogen-bond acceptors (Lipinski definition) is 7. The summed E-state index contributed by atoms with van der Waals surface area (Å²) in [6.07, 6.45) is 1.32. The Kier molecular flexibility index (Phi) is 3.85. The monoisotopic (exact) mass is 392 g/mol. The third kappa shape index (κ3) is 2.74. The lowest BCUT2D eigenvalue weighted by Crippen LogP contribution is -2.43. The molecule has 0 saturated carbocycles. The van der Waals surface area contributed by atoms with E-state index in [0.29, 0.717) is 0 Å². The van der Waals surface area contributed by atoms with Gasteiger partial charge in [-0.1, -0.05) is 30.3 Å². The molecule has 2 bridgehead atoms. The van der Waals surface area contributed by atoms with Gasteiger partial charge in [-0.25, -0.2) is 0 Å². The summed E-state index contributed by atoms with van der Waals surface area (Å²) >= 11 is 0. The van der Waals surface area contributed by atoms with Crippen molar-refractivity contribution in [2.75, 3.05) is 5.43 Å². The number of nitrogens with zero attached hydrogens (tertiary/aromatic N) is 3. The van der Waals surface area contributed by atoms with Crippen LogP contribution < -0.4 is 10.2 Å². The molecule has 2 heterocycles. The standard InChI is InChI=1S/C20H16N4O5/c25-23(26)13-6-7-15(17(11-13)24(27)28)21-22-16-8-10-19(22)29-18-9-5-12-3-1-2-4-14(12)20(16)18/h1-7,9,11,16,19,21H,8,10H2/t16-,19+/m0/s1. The van der Waals surface area contributed by atoms with Crippen molar-refractivity contribution in [1.82, 2.24) is 5.01 Å². The SMILES string of the molecule is O=[N+]([O-])c1ccc(NN2[C@H]3CC[C@H]2c2c(ccc4ccccc24)O3)c([N+](=O)[O-])c1. The number of rotatable bonds is 4. The number of benzene rings is 3. The first-order chi connectivity index (χ1) is 14.0. The molecule has 9 heteroatoms. The second kappa shape index (κ2) is 6.42. The van der Waals surface area contributed by atoms with Gasteiger partial charge in [-0.15, -0.1) is 0 Å². The normalized spacial score (nSPS) is 20.1. The molecule has 0 unspecified atom stereocenters. The number of non-ortho nitro benzene ring substituents is 1. The molecule has 5 rings (SSSR count). The van der Waals surface area contributed by atoms with Gasteiger partial charge >= 0.3 is 5.69 Å². The predicted octanol–water partition coefficient (Wildman–Crippen LogP) is 4.54. The van der Waals surface area contributed by atoms with Gasteiger partial charge in [0.2, 0.25) is 0 Å². The van der Waals surface area contributed by atoms with Gasteiger partial charge < -0.3 is 10.2 Å². The molecule has 3 aromatic rings. The number of nitro groups is 2. The van der Waals surface area contributed by atoms with E-state index < -0.39 is 9.85 Å². The Hall–Kier alpha value is -3.72. The van der Waals surface area contributed by atoms with Crippen molar-refractivity contribution < 1.29 is 14.6 Å². The number of fused-ring (bicyclic) bond motifs is 6. The van der Waals surface area contributed by atoms with E-state index in [1.165, 1.54) is 12.1 Å². The molecule has 9 nitrogen and oxygen atoms in total. The molecule has 1 N–H and O–H groups in total. The van der Waals surface area contributed by atoms with Gasteiger partial charge in [-0.05, 0) is 29.3 Å². The van der Waals surface area contributed by atoms with Crippen LogP contribution in [0.2, 0.25) is 0 Å². The van der Waals surface area contributed by atoms with Gasteiger partial charge in [0.25, 0.3) is 5.69 Å². The van der Waals surface area contributed by atoms with Crippen LogP contribution in [-0.2, 0) is 0 Å². The van der Waals surface area contributed by atoms with E-state index in [0.717, 1.165) is 41.0 Å².